The third kappa shape index (κ3) is 2.76. The van der Waals surface area contributed by atoms with Crippen LogP contribution in [0.1, 0.15) is 10.5 Å². The lowest BCUT2D eigenvalue weighted by Crippen LogP contribution is -2.05. The van der Waals surface area contributed by atoms with E-state index in [1.54, 1.807) is 11.6 Å². The Balaban J connectivity index is 2.16. The zero-order valence-electron chi connectivity index (χ0n) is 9.00. The highest BCUT2D eigenvalue weighted by Gasteiger charge is 2.12. The zero-order chi connectivity index (χ0) is 12.1. The third-order valence-electron chi connectivity index (χ3n) is 1.93. The topological polar surface area (TPSA) is 52.1 Å². The summed E-state index contributed by atoms with van der Waals surface area (Å²) in [6.45, 7) is 3.66. The fourth-order valence-electron chi connectivity index (χ4n) is 1.18. The molecule has 2 aromatic rings. The number of pyridine rings is 1. The highest BCUT2D eigenvalue weighted by Crippen LogP contribution is 2.21. The van der Waals surface area contributed by atoms with Gasteiger partial charge in [-0.3, -0.25) is 4.98 Å². The number of carbonyl (C=O) groups excluding carboxylic acids is 1. The number of hydrogen-bond acceptors (Lipinski definition) is 5. The molecule has 2 heterocycles. The van der Waals surface area contributed by atoms with E-state index in [1.807, 2.05) is 18.2 Å². The first-order chi connectivity index (χ1) is 8.31. The normalized spacial score (nSPS) is 9.88. The van der Waals surface area contributed by atoms with Crippen LogP contribution in [0.4, 0.5) is 0 Å². The minimum Gasteiger partial charge on any atom is -0.457 e. The summed E-state index contributed by atoms with van der Waals surface area (Å²) in [6, 6.07) is 5.55. The second-order valence-electron chi connectivity index (χ2n) is 3.14. The summed E-state index contributed by atoms with van der Waals surface area (Å²) >= 11 is 1.36. The van der Waals surface area contributed by atoms with E-state index >= 15 is 0 Å². The number of carbonyl (C=O) groups is 1. The Morgan fingerprint density at radius 2 is 2.41 bits per heavy atom. The van der Waals surface area contributed by atoms with Crippen LogP contribution in [0.5, 0.6) is 0 Å². The van der Waals surface area contributed by atoms with Crippen LogP contribution >= 0.6 is 11.3 Å². The molecule has 0 N–H and O–H groups in total. The molecule has 0 aliphatic rings. The smallest absolute Gasteiger partial charge is 0.358 e. The molecule has 0 aromatic carbocycles. The molecule has 0 spiro atoms. The summed E-state index contributed by atoms with van der Waals surface area (Å²) in [5.74, 6) is -0.441. The molecule has 0 radical (unpaired) electrons. The number of rotatable bonds is 4. The van der Waals surface area contributed by atoms with Gasteiger partial charge in [-0.25, -0.2) is 9.78 Å². The molecule has 0 aliphatic carbocycles. The molecule has 4 nitrogen and oxygen atoms in total. The van der Waals surface area contributed by atoms with Crippen molar-refractivity contribution in [3.63, 3.8) is 0 Å². The van der Waals surface area contributed by atoms with E-state index in [9.17, 15) is 4.79 Å². The molecule has 0 amide bonds. The van der Waals surface area contributed by atoms with Crippen LogP contribution in [0.3, 0.4) is 0 Å². The van der Waals surface area contributed by atoms with Gasteiger partial charge in [-0.2, -0.15) is 0 Å². The summed E-state index contributed by atoms with van der Waals surface area (Å²) in [7, 11) is 0. The highest BCUT2D eigenvalue weighted by atomic mass is 32.1. The van der Waals surface area contributed by atoms with Gasteiger partial charge in [0.05, 0.1) is 5.69 Å². The first-order valence-electron chi connectivity index (χ1n) is 4.96. The largest absolute Gasteiger partial charge is 0.457 e. The number of nitrogens with zero attached hydrogens (tertiary/aromatic N) is 2. The minimum atomic E-state index is -0.441. The molecule has 0 aliphatic heterocycles. The van der Waals surface area contributed by atoms with Crippen LogP contribution in [-0.4, -0.2) is 22.5 Å². The molecule has 86 valence electrons. The third-order valence-corrected chi connectivity index (χ3v) is 2.79. The van der Waals surface area contributed by atoms with Gasteiger partial charge < -0.3 is 4.74 Å². The Hall–Kier alpha value is -2.01. The summed E-state index contributed by atoms with van der Waals surface area (Å²) in [4.78, 5) is 19.8. The molecule has 2 rings (SSSR count). The molecular weight excluding hydrogens is 236 g/mol. The number of esters is 1. The molecule has 0 fully saturated rings. The van der Waals surface area contributed by atoms with Gasteiger partial charge in [0.25, 0.3) is 0 Å². The zero-order valence-corrected chi connectivity index (χ0v) is 9.81. The molecule has 17 heavy (non-hydrogen) atoms. The average molecular weight is 246 g/mol. The number of hydrogen-bond donors (Lipinski definition) is 0. The summed E-state index contributed by atoms with van der Waals surface area (Å²) < 4.78 is 4.89. The highest BCUT2D eigenvalue weighted by molar-refractivity contribution is 7.13. The van der Waals surface area contributed by atoms with Crippen molar-refractivity contribution in [3.8, 4) is 10.7 Å². The van der Waals surface area contributed by atoms with E-state index in [1.165, 1.54) is 17.4 Å². The van der Waals surface area contributed by atoms with Crippen molar-refractivity contribution < 1.29 is 9.53 Å². The van der Waals surface area contributed by atoms with E-state index in [4.69, 9.17) is 4.74 Å². The maximum absolute atomic E-state index is 11.5. The monoisotopic (exact) mass is 246 g/mol. The maximum Gasteiger partial charge on any atom is 0.358 e. The standard InChI is InChI=1S/C12H10N2O2S/c1-2-7-16-12(15)10-8-17-11(14-10)9-5-3-4-6-13-9/h2-6,8H,1,7H2. The Bertz CT molecular complexity index is 522. The van der Waals surface area contributed by atoms with E-state index in [0.717, 1.165) is 5.69 Å². The summed E-state index contributed by atoms with van der Waals surface area (Å²) in [5, 5.41) is 2.37. The van der Waals surface area contributed by atoms with Crippen molar-refractivity contribution in [1.29, 1.82) is 0 Å². The maximum atomic E-state index is 11.5. The molecule has 0 unspecified atom stereocenters. The van der Waals surface area contributed by atoms with E-state index in [0.29, 0.717) is 10.7 Å². The molecule has 2 aromatic heterocycles. The van der Waals surface area contributed by atoms with Gasteiger partial charge in [0.2, 0.25) is 0 Å². The lowest BCUT2D eigenvalue weighted by Gasteiger charge is -1.97. The Labute approximate surface area is 103 Å². The predicted molar refractivity (Wildman–Crippen MR) is 65.8 cm³/mol. The van der Waals surface area contributed by atoms with Gasteiger partial charge in [-0.05, 0) is 12.1 Å². The van der Waals surface area contributed by atoms with Crippen molar-refractivity contribution in [1.82, 2.24) is 9.97 Å². The number of aromatic nitrogens is 2. The molecule has 0 atom stereocenters. The van der Waals surface area contributed by atoms with Gasteiger partial charge in [-0.15, -0.1) is 11.3 Å². The molecule has 5 heteroatoms. The Kier molecular flexibility index (Phi) is 3.62. The van der Waals surface area contributed by atoms with Crippen LogP contribution in [-0.2, 0) is 4.74 Å². The lowest BCUT2D eigenvalue weighted by molar-refractivity contribution is 0.0544. The molecule has 0 saturated carbocycles. The SMILES string of the molecule is C=CCOC(=O)c1csc(-c2ccccn2)n1. The van der Waals surface area contributed by atoms with Gasteiger partial charge in [0.1, 0.15) is 11.6 Å². The first-order valence-corrected chi connectivity index (χ1v) is 5.84. The van der Waals surface area contributed by atoms with Crippen molar-refractivity contribution in [2.24, 2.45) is 0 Å². The average Bonchev–Trinajstić information content (AvgIpc) is 2.86. The Morgan fingerprint density at radius 3 is 3.12 bits per heavy atom. The second-order valence-corrected chi connectivity index (χ2v) is 4.00. The van der Waals surface area contributed by atoms with Crippen LogP contribution in [0, 0.1) is 0 Å². The van der Waals surface area contributed by atoms with E-state index in [-0.39, 0.29) is 6.61 Å². The van der Waals surface area contributed by atoms with Gasteiger partial charge in [0, 0.05) is 11.6 Å². The van der Waals surface area contributed by atoms with Crippen LogP contribution < -0.4 is 0 Å². The number of ether oxygens (including phenoxy) is 1. The fourth-order valence-corrected chi connectivity index (χ4v) is 1.95. The lowest BCUT2D eigenvalue weighted by atomic mass is 10.4. The van der Waals surface area contributed by atoms with Crippen molar-refractivity contribution in [2.45, 2.75) is 0 Å². The van der Waals surface area contributed by atoms with Gasteiger partial charge in [-0.1, -0.05) is 18.7 Å². The quantitative estimate of drug-likeness (QED) is 0.614. The molecular formula is C12H10N2O2S. The van der Waals surface area contributed by atoms with Crippen LogP contribution in [0.15, 0.2) is 42.4 Å². The van der Waals surface area contributed by atoms with Crippen molar-refractivity contribution >= 4 is 17.3 Å². The molecule has 0 saturated heterocycles. The fraction of sp³-hybridized carbons (Fsp3) is 0.0833. The predicted octanol–water partition coefficient (Wildman–Crippen LogP) is 2.55. The second kappa shape index (κ2) is 5.36. The van der Waals surface area contributed by atoms with Crippen molar-refractivity contribution in [3.05, 3.63) is 48.1 Å². The summed E-state index contributed by atoms with van der Waals surface area (Å²) in [6.07, 6.45) is 3.20. The van der Waals surface area contributed by atoms with Crippen molar-refractivity contribution in [2.75, 3.05) is 6.61 Å². The van der Waals surface area contributed by atoms with Crippen LogP contribution in [0.2, 0.25) is 0 Å². The first kappa shape index (κ1) is 11.5. The van der Waals surface area contributed by atoms with Gasteiger partial charge in [0.15, 0.2) is 5.69 Å². The number of thiazole rings is 1. The van der Waals surface area contributed by atoms with Crippen LogP contribution in [0.25, 0.3) is 10.7 Å². The van der Waals surface area contributed by atoms with Gasteiger partial charge >= 0.3 is 5.97 Å². The molecule has 0 bridgehead atoms. The Morgan fingerprint density at radius 1 is 1.53 bits per heavy atom. The van der Waals surface area contributed by atoms with E-state index in [2.05, 4.69) is 16.5 Å². The minimum absolute atomic E-state index is 0.190. The summed E-state index contributed by atoms with van der Waals surface area (Å²) in [5.41, 5.74) is 1.05. The van der Waals surface area contributed by atoms with E-state index < -0.39 is 5.97 Å².